The molecule has 0 heterocycles. The quantitative estimate of drug-likeness (QED) is 0.0818. The van der Waals surface area contributed by atoms with Crippen molar-refractivity contribution in [3.8, 4) is 11.5 Å². The van der Waals surface area contributed by atoms with Crippen molar-refractivity contribution in [2.75, 3.05) is 13.2 Å². The summed E-state index contributed by atoms with van der Waals surface area (Å²) in [5.74, 6) is -5.77. The number of rotatable bonds is 14. The van der Waals surface area contributed by atoms with Crippen LogP contribution in [0.4, 0.5) is 0 Å². The van der Waals surface area contributed by atoms with Gasteiger partial charge in [0.25, 0.3) is 0 Å². The Morgan fingerprint density at radius 3 is 1.18 bits per heavy atom. The molecule has 0 aliphatic heterocycles. The van der Waals surface area contributed by atoms with Crippen molar-refractivity contribution in [2.24, 2.45) is 11.8 Å². The Balaban J connectivity index is 2.33. The monoisotopic (exact) mass is 730 g/mol. The minimum atomic E-state index is -1.65. The van der Waals surface area contributed by atoms with Gasteiger partial charge in [-0.1, -0.05) is 123 Å². The maximum atomic E-state index is 13.0. The lowest BCUT2D eigenvalue weighted by molar-refractivity contribution is -0.156. The summed E-state index contributed by atoms with van der Waals surface area (Å²) >= 11 is 37.1. The normalized spacial score (nSPS) is 11.1. The Labute approximate surface area is 286 Å². The molecule has 44 heavy (non-hydrogen) atoms. The Morgan fingerprint density at radius 1 is 0.568 bits per heavy atom. The molecule has 2 aromatic carbocycles. The van der Waals surface area contributed by atoms with Crippen molar-refractivity contribution in [1.82, 2.24) is 0 Å². The summed E-state index contributed by atoms with van der Waals surface area (Å²) in [6, 6.07) is 2.23. The predicted molar refractivity (Wildman–Crippen MR) is 172 cm³/mol. The number of hydrogen-bond acceptors (Lipinski definition) is 8. The molecule has 0 saturated carbocycles. The van der Waals surface area contributed by atoms with Gasteiger partial charge in [-0.25, -0.2) is 19.2 Å². The maximum absolute atomic E-state index is 13.0. The molecule has 0 fully saturated rings. The van der Waals surface area contributed by atoms with Gasteiger partial charge < -0.3 is 18.9 Å². The van der Waals surface area contributed by atoms with Crippen molar-refractivity contribution >= 4 is 93.5 Å². The van der Waals surface area contributed by atoms with Gasteiger partial charge in [0.1, 0.15) is 11.1 Å². The van der Waals surface area contributed by atoms with Gasteiger partial charge in [0.15, 0.2) is 11.5 Å². The van der Waals surface area contributed by atoms with Crippen LogP contribution in [-0.2, 0) is 19.1 Å². The largest absolute Gasteiger partial charge is 0.462 e. The van der Waals surface area contributed by atoms with Gasteiger partial charge in [0.05, 0.1) is 43.3 Å². The molecule has 14 heteroatoms. The van der Waals surface area contributed by atoms with Gasteiger partial charge in [-0.3, -0.25) is 0 Å². The van der Waals surface area contributed by atoms with Crippen LogP contribution in [0.25, 0.3) is 0 Å². The first-order valence-corrected chi connectivity index (χ1v) is 16.2. The molecule has 0 radical (unpaired) electrons. The Kier molecular flexibility index (Phi) is 15.9. The highest BCUT2D eigenvalue weighted by molar-refractivity contribution is 6.47. The van der Waals surface area contributed by atoms with Crippen molar-refractivity contribution < 1.29 is 38.1 Å². The minimum absolute atomic E-state index is 0.0489. The average Bonchev–Trinajstić information content (AvgIpc) is 2.98. The van der Waals surface area contributed by atoms with Gasteiger partial charge >= 0.3 is 23.9 Å². The van der Waals surface area contributed by atoms with Crippen molar-refractivity contribution in [1.29, 1.82) is 0 Å². The molecule has 242 valence electrons. The molecule has 0 bridgehead atoms. The van der Waals surface area contributed by atoms with E-state index in [2.05, 4.69) is 0 Å². The van der Waals surface area contributed by atoms with Gasteiger partial charge in [-0.05, 0) is 36.8 Å². The molecule has 2 aromatic rings. The SMILES string of the molecule is CCC(CC)CCOC(=O)c1c(Cl)c(Cl)cc(Cl)c1OC(=O)C(=O)Oc1c(Cl)cc(Cl)c(Cl)c1C(=O)OCCC(CC)CC. The second-order valence-corrected chi connectivity index (χ2v) is 12.1. The van der Waals surface area contributed by atoms with E-state index in [-0.39, 0.29) is 43.3 Å². The van der Waals surface area contributed by atoms with E-state index in [4.69, 9.17) is 88.6 Å². The highest BCUT2D eigenvalue weighted by Crippen LogP contribution is 2.41. The molecular formula is C30H32Cl6O8. The van der Waals surface area contributed by atoms with Crippen LogP contribution in [0.1, 0.15) is 86.9 Å². The molecule has 0 amide bonds. The van der Waals surface area contributed by atoms with Crippen LogP contribution in [0, 0.1) is 11.8 Å². The highest BCUT2D eigenvalue weighted by Gasteiger charge is 2.32. The number of esters is 4. The average molecular weight is 733 g/mol. The fourth-order valence-electron chi connectivity index (χ4n) is 4.17. The molecule has 0 aliphatic rings. The van der Waals surface area contributed by atoms with E-state index in [9.17, 15) is 19.2 Å². The van der Waals surface area contributed by atoms with Crippen LogP contribution >= 0.6 is 69.6 Å². The summed E-state index contributed by atoms with van der Waals surface area (Å²) in [4.78, 5) is 51.7. The zero-order chi connectivity index (χ0) is 33.1. The Morgan fingerprint density at radius 2 is 0.886 bits per heavy atom. The number of benzene rings is 2. The fraction of sp³-hybridized carbons (Fsp3) is 0.467. The van der Waals surface area contributed by atoms with E-state index in [1.54, 1.807) is 0 Å². The number of carbonyl (C=O) groups is 4. The molecule has 0 aromatic heterocycles. The first-order valence-electron chi connectivity index (χ1n) is 13.9. The summed E-state index contributed by atoms with van der Waals surface area (Å²) in [5, 5.41) is -1.51. The Hall–Kier alpha value is -1.94. The summed E-state index contributed by atoms with van der Waals surface area (Å²) in [6.45, 7) is 8.18. The molecule has 8 nitrogen and oxygen atoms in total. The van der Waals surface area contributed by atoms with Crippen molar-refractivity contribution in [3.63, 3.8) is 0 Å². The van der Waals surface area contributed by atoms with Crippen molar-refractivity contribution in [3.05, 3.63) is 53.4 Å². The first kappa shape index (κ1) is 38.2. The highest BCUT2D eigenvalue weighted by atomic mass is 35.5. The summed E-state index contributed by atoms with van der Waals surface area (Å²) < 4.78 is 20.9. The zero-order valence-corrected chi connectivity index (χ0v) is 29.0. The molecule has 0 N–H and O–H groups in total. The number of hydrogen-bond donors (Lipinski definition) is 0. The second-order valence-electron chi connectivity index (χ2n) is 9.71. The van der Waals surface area contributed by atoms with Crippen LogP contribution in [-0.4, -0.2) is 37.1 Å². The lowest BCUT2D eigenvalue weighted by atomic mass is 10.0. The van der Waals surface area contributed by atoms with E-state index in [0.717, 1.165) is 37.8 Å². The minimum Gasteiger partial charge on any atom is -0.462 e. The summed E-state index contributed by atoms with van der Waals surface area (Å²) in [5.41, 5.74) is -0.937. The lowest BCUT2D eigenvalue weighted by Crippen LogP contribution is -2.27. The second kappa shape index (κ2) is 18.3. The van der Waals surface area contributed by atoms with Crippen LogP contribution in [0.5, 0.6) is 11.5 Å². The summed E-state index contributed by atoms with van der Waals surface area (Å²) in [7, 11) is 0. The van der Waals surface area contributed by atoms with Gasteiger partial charge in [0.2, 0.25) is 0 Å². The predicted octanol–water partition coefficient (Wildman–Crippen LogP) is 10.1. The molecule has 0 atom stereocenters. The van der Waals surface area contributed by atoms with Gasteiger partial charge in [-0.15, -0.1) is 0 Å². The third-order valence-electron chi connectivity index (χ3n) is 7.05. The van der Waals surface area contributed by atoms with E-state index in [0.29, 0.717) is 24.7 Å². The van der Waals surface area contributed by atoms with Crippen molar-refractivity contribution in [2.45, 2.75) is 66.2 Å². The van der Waals surface area contributed by atoms with E-state index in [1.807, 2.05) is 27.7 Å². The van der Waals surface area contributed by atoms with Crippen LogP contribution in [0.2, 0.25) is 30.1 Å². The van der Waals surface area contributed by atoms with Crippen LogP contribution < -0.4 is 9.47 Å². The fourth-order valence-corrected chi connectivity index (χ4v) is 5.60. The summed E-state index contributed by atoms with van der Waals surface area (Å²) in [6.07, 6.45) is 4.73. The van der Waals surface area contributed by atoms with Crippen LogP contribution in [0.3, 0.4) is 0 Å². The molecule has 2 rings (SSSR count). The molecule has 0 aliphatic carbocycles. The number of ether oxygens (including phenoxy) is 4. The lowest BCUT2D eigenvalue weighted by Gasteiger charge is -2.16. The van der Waals surface area contributed by atoms with Gasteiger partial charge in [0, 0.05) is 0 Å². The topological polar surface area (TPSA) is 105 Å². The first-order chi connectivity index (χ1) is 20.8. The van der Waals surface area contributed by atoms with E-state index >= 15 is 0 Å². The Bertz CT molecular complexity index is 1270. The van der Waals surface area contributed by atoms with Crippen LogP contribution in [0.15, 0.2) is 12.1 Å². The third-order valence-corrected chi connectivity index (χ3v) is 9.18. The molecule has 0 unspecified atom stereocenters. The molecule has 0 spiro atoms. The molecular weight excluding hydrogens is 701 g/mol. The van der Waals surface area contributed by atoms with E-state index in [1.165, 1.54) is 0 Å². The van der Waals surface area contributed by atoms with Gasteiger partial charge in [-0.2, -0.15) is 0 Å². The number of carbonyl (C=O) groups excluding carboxylic acids is 4. The number of halogens is 6. The molecule has 0 saturated heterocycles. The smallest absolute Gasteiger partial charge is 0.423 e. The zero-order valence-electron chi connectivity index (χ0n) is 24.5. The third kappa shape index (κ3) is 10.0. The maximum Gasteiger partial charge on any atom is 0.423 e. The standard InChI is InChI=1S/C30H32Cl6O8/c1-5-15(6-2)9-11-41-27(37)21-23(35)17(31)13-19(33)25(21)43-29(39)30(40)44-26-20(34)14-18(32)24(36)22(26)28(38)42-12-10-16(7-3)8-4/h13-16H,5-12H2,1-4H3. The van der Waals surface area contributed by atoms with E-state index < -0.39 is 46.5 Å².